The standard InChI is InChI=1S/C17H17ClN2O5S/c1-20(2)26(23,24)15-8-6-12(7-9-15)17(22)25-11-16(21)19-14-5-3-4-13(18)10-14/h3-10H,11H2,1-2H3,(H,19,21). The summed E-state index contributed by atoms with van der Waals surface area (Å²) in [7, 11) is -0.751. The summed E-state index contributed by atoms with van der Waals surface area (Å²) in [6.07, 6.45) is 0. The van der Waals surface area contributed by atoms with E-state index in [4.69, 9.17) is 16.3 Å². The zero-order valence-corrected chi connectivity index (χ0v) is 15.7. The molecule has 0 unspecified atom stereocenters. The maximum absolute atomic E-state index is 12.0. The number of esters is 1. The molecule has 0 aliphatic heterocycles. The van der Waals surface area contributed by atoms with E-state index in [0.29, 0.717) is 10.7 Å². The van der Waals surface area contributed by atoms with E-state index >= 15 is 0 Å². The Morgan fingerprint density at radius 1 is 1.12 bits per heavy atom. The number of amides is 1. The summed E-state index contributed by atoms with van der Waals surface area (Å²) in [5, 5.41) is 3.01. The Labute approximate surface area is 156 Å². The van der Waals surface area contributed by atoms with Crippen molar-refractivity contribution in [3.05, 3.63) is 59.1 Å². The van der Waals surface area contributed by atoms with Crippen LogP contribution >= 0.6 is 11.6 Å². The van der Waals surface area contributed by atoms with E-state index in [1.807, 2.05) is 0 Å². The van der Waals surface area contributed by atoms with Gasteiger partial charge in [-0.2, -0.15) is 0 Å². The highest BCUT2D eigenvalue weighted by Gasteiger charge is 2.18. The number of ether oxygens (including phenoxy) is 1. The molecule has 9 heteroatoms. The molecule has 0 saturated carbocycles. The van der Waals surface area contributed by atoms with E-state index in [1.54, 1.807) is 24.3 Å². The first-order valence-corrected chi connectivity index (χ1v) is 9.27. The second-order valence-corrected chi connectivity index (χ2v) is 8.03. The highest BCUT2D eigenvalue weighted by molar-refractivity contribution is 7.89. The van der Waals surface area contributed by atoms with Crippen molar-refractivity contribution >= 4 is 39.2 Å². The zero-order chi connectivity index (χ0) is 19.3. The Hall–Kier alpha value is -2.42. The van der Waals surface area contributed by atoms with Crippen LogP contribution in [-0.4, -0.2) is 45.3 Å². The molecule has 0 saturated heterocycles. The van der Waals surface area contributed by atoms with Crippen LogP contribution in [0.2, 0.25) is 5.02 Å². The molecule has 2 aromatic rings. The van der Waals surface area contributed by atoms with Crippen LogP contribution in [0.5, 0.6) is 0 Å². The van der Waals surface area contributed by atoms with Crippen molar-refractivity contribution in [2.75, 3.05) is 26.0 Å². The molecule has 0 spiro atoms. The maximum atomic E-state index is 12.0. The summed E-state index contributed by atoms with van der Waals surface area (Å²) in [5.74, 6) is -1.26. The van der Waals surface area contributed by atoms with Crippen molar-refractivity contribution in [2.24, 2.45) is 0 Å². The fraction of sp³-hybridized carbons (Fsp3) is 0.176. The third kappa shape index (κ3) is 5.04. The normalized spacial score (nSPS) is 11.2. The van der Waals surface area contributed by atoms with Gasteiger partial charge in [0.05, 0.1) is 10.5 Å². The van der Waals surface area contributed by atoms with Crippen LogP contribution in [0.15, 0.2) is 53.4 Å². The summed E-state index contributed by atoms with van der Waals surface area (Å²) in [6.45, 7) is -0.483. The van der Waals surface area contributed by atoms with Gasteiger partial charge in [0.15, 0.2) is 6.61 Å². The molecular weight excluding hydrogens is 380 g/mol. The van der Waals surface area contributed by atoms with Gasteiger partial charge in [0.2, 0.25) is 10.0 Å². The molecule has 2 rings (SSSR count). The summed E-state index contributed by atoms with van der Waals surface area (Å²) in [5.41, 5.74) is 0.620. The number of hydrogen-bond acceptors (Lipinski definition) is 5. The van der Waals surface area contributed by atoms with Crippen molar-refractivity contribution in [3.8, 4) is 0 Å². The first-order valence-electron chi connectivity index (χ1n) is 7.45. The summed E-state index contributed by atoms with van der Waals surface area (Å²) >= 11 is 5.82. The number of carbonyl (C=O) groups is 2. The highest BCUT2D eigenvalue weighted by Crippen LogP contribution is 2.16. The number of sulfonamides is 1. The molecule has 1 N–H and O–H groups in total. The Bertz CT molecular complexity index is 911. The van der Waals surface area contributed by atoms with Crippen LogP contribution in [0.25, 0.3) is 0 Å². The quantitative estimate of drug-likeness (QED) is 0.757. The monoisotopic (exact) mass is 396 g/mol. The van der Waals surface area contributed by atoms with Crippen LogP contribution in [0, 0.1) is 0 Å². The Morgan fingerprint density at radius 2 is 1.77 bits per heavy atom. The Balaban J connectivity index is 1.94. The van der Waals surface area contributed by atoms with Crippen LogP contribution in [0.4, 0.5) is 5.69 Å². The van der Waals surface area contributed by atoms with E-state index in [0.717, 1.165) is 4.31 Å². The van der Waals surface area contributed by atoms with Crippen LogP contribution < -0.4 is 5.32 Å². The number of hydrogen-bond donors (Lipinski definition) is 1. The lowest BCUT2D eigenvalue weighted by Gasteiger charge is -2.11. The lowest BCUT2D eigenvalue weighted by atomic mass is 10.2. The third-order valence-corrected chi connectivity index (χ3v) is 5.38. The van der Waals surface area contributed by atoms with Crippen molar-refractivity contribution in [3.63, 3.8) is 0 Å². The molecule has 0 aliphatic carbocycles. The summed E-state index contributed by atoms with van der Waals surface area (Å²) in [6, 6.07) is 11.8. The van der Waals surface area contributed by atoms with Crippen molar-refractivity contribution in [1.82, 2.24) is 4.31 Å². The number of carbonyl (C=O) groups excluding carboxylic acids is 2. The van der Waals surface area contributed by atoms with E-state index in [-0.39, 0.29) is 10.5 Å². The fourth-order valence-electron chi connectivity index (χ4n) is 1.95. The highest BCUT2D eigenvalue weighted by atomic mass is 35.5. The molecule has 26 heavy (non-hydrogen) atoms. The molecule has 138 valence electrons. The van der Waals surface area contributed by atoms with Crippen molar-refractivity contribution < 1.29 is 22.7 Å². The SMILES string of the molecule is CN(C)S(=O)(=O)c1ccc(C(=O)OCC(=O)Nc2cccc(Cl)c2)cc1. The smallest absolute Gasteiger partial charge is 0.338 e. The first kappa shape index (κ1) is 19.9. The number of nitrogens with one attached hydrogen (secondary N) is 1. The van der Waals surface area contributed by atoms with Crippen molar-refractivity contribution in [1.29, 1.82) is 0 Å². The van der Waals surface area contributed by atoms with E-state index in [1.165, 1.54) is 38.4 Å². The van der Waals surface area contributed by atoms with E-state index in [9.17, 15) is 18.0 Å². The number of rotatable bonds is 6. The van der Waals surface area contributed by atoms with Gasteiger partial charge in [-0.05, 0) is 42.5 Å². The molecule has 0 bridgehead atoms. The molecule has 0 fully saturated rings. The Kier molecular flexibility index (Phi) is 6.36. The average Bonchev–Trinajstić information content (AvgIpc) is 2.59. The average molecular weight is 397 g/mol. The second kappa shape index (κ2) is 8.31. The van der Waals surface area contributed by atoms with Gasteiger partial charge < -0.3 is 10.1 Å². The molecule has 2 aromatic carbocycles. The lowest BCUT2D eigenvalue weighted by molar-refractivity contribution is -0.119. The number of anilines is 1. The predicted octanol–water partition coefficient (Wildman–Crippen LogP) is 2.39. The number of nitrogens with zero attached hydrogens (tertiary/aromatic N) is 1. The molecule has 1 amide bonds. The molecule has 0 heterocycles. The van der Waals surface area contributed by atoms with Gasteiger partial charge in [0, 0.05) is 24.8 Å². The number of benzene rings is 2. The van der Waals surface area contributed by atoms with Gasteiger partial charge in [0.25, 0.3) is 5.91 Å². The minimum atomic E-state index is -3.58. The second-order valence-electron chi connectivity index (χ2n) is 5.45. The molecule has 0 atom stereocenters. The number of halogens is 1. The van der Waals surface area contributed by atoms with Gasteiger partial charge in [-0.3, -0.25) is 4.79 Å². The van der Waals surface area contributed by atoms with Crippen LogP contribution in [-0.2, 0) is 19.6 Å². The summed E-state index contributed by atoms with van der Waals surface area (Å²) in [4.78, 5) is 23.8. The van der Waals surface area contributed by atoms with Gasteiger partial charge in [-0.1, -0.05) is 17.7 Å². The van der Waals surface area contributed by atoms with Crippen molar-refractivity contribution in [2.45, 2.75) is 4.90 Å². The third-order valence-electron chi connectivity index (χ3n) is 3.31. The fourth-order valence-corrected chi connectivity index (χ4v) is 3.04. The summed E-state index contributed by atoms with van der Waals surface area (Å²) < 4.78 is 29.9. The van der Waals surface area contributed by atoms with E-state index in [2.05, 4.69) is 5.32 Å². The molecular formula is C17H17ClN2O5S. The minimum Gasteiger partial charge on any atom is -0.452 e. The predicted molar refractivity (Wildman–Crippen MR) is 97.7 cm³/mol. The molecule has 0 aromatic heterocycles. The van der Waals surface area contributed by atoms with Crippen LogP contribution in [0.3, 0.4) is 0 Å². The van der Waals surface area contributed by atoms with Crippen LogP contribution in [0.1, 0.15) is 10.4 Å². The van der Waals surface area contributed by atoms with Gasteiger partial charge in [-0.15, -0.1) is 0 Å². The topological polar surface area (TPSA) is 92.8 Å². The molecule has 0 radical (unpaired) electrons. The molecule has 7 nitrogen and oxygen atoms in total. The van der Waals surface area contributed by atoms with E-state index < -0.39 is 28.5 Å². The van der Waals surface area contributed by atoms with Gasteiger partial charge in [-0.25, -0.2) is 17.5 Å². The maximum Gasteiger partial charge on any atom is 0.338 e. The van der Waals surface area contributed by atoms with Gasteiger partial charge >= 0.3 is 5.97 Å². The van der Waals surface area contributed by atoms with Gasteiger partial charge in [0.1, 0.15) is 0 Å². The minimum absolute atomic E-state index is 0.0535. The lowest BCUT2D eigenvalue weighted by Crippen LogP contribution is -2.22. The Morgan fingerprint density at radius 3 is 2.35 bits per heavy atom. The largest absolute Gasteiger partial charge is 0.452 e. The molecule has 0 aliphatic rings. The first-order chi connectivity index (χ1) is 12.2. The zero-order valence-electron chi connectivity index (χ0n) is 14.1.